The number of imidazole rings is 1. The van der Waals surface area contributed by atoms with E-state index in [4.69, 9.17) is 0 Å². The van der Waals surface area contributed by atoms with E-state index in [1.807, 2.05) is 6.20 Å². The average Bonchev–Trinajstić information content (AvgIpc) is 2.81. The third-order valence-electron chi connectivity index (χ3n) is 3.49. The van der Waals surface area contributed by atoms with E-state index < -0.39 is 0 Å². The summed E-state index contributed by atoms with van der Waals surface area (Å²) < 4.78 is 2.38. The molecule has 3 rings (SSSR count). The lowest BCUT2D eigenvalue weighted by molar-refractivity contribution is 0.560. The maximum Gasteiger partial charge on any atom is 0.137 e. The summed E-state index contributed by atoms with van der Waals surface area (Å²) >= 11 is 0. The number of fused-ring (bicyclic) bond motifs is 3. The molecule has 0 N–H and O–H groups in total. The predicted molar refractivity (Wildman–Crippen MR) is 65.9 cm³/mol. The van der Waals surface area contributed by atoms with Gasteiger partial charge in [-0.05, 0) is 30.9 Å². The molecule has 0 bridgehead atoms. The molecule has 84 valence electrons. The molecule has 0 saturated heterocycles. The van der Waals surface area contributed by atoms with E-state index in [1.165, 1.54) is 36.2 Å². The van der Waals surface area contributed by atoms with Crippen molar-refractivity contribution in [2.75, 3.05) is 0 Å². The molecule has 2 aromatic heterocycles. The monoisotopic (exact) mass is 214 g/mol. The number of aryl methyl sites for hydroxylation is 2. The zero-order chi connectivity index (χ0) is 11.3. The summed E-state index contributed by atoms with van der Waals surface area (Å²) in [6, 6.07) is 4.40. The summed E-state index contributed by atoms with van der Waals surface area (Å²) in [5, 5.41) is 0. The average molecular weight is 214 g/mol. The highest BCUT2D eigenvalue weighted by Gasteiger charge is 2.22. The minimum Gasteiger partial charge on any atom is -0.300 e. The van der Waals surface area contributed by atoms with Crippen LogP contribution in [0.2, 0.25) is 0 Å². The van der Waals surface area contributed by atoms with E-state index in [2.05, 4.69) is 42.3 Å². The molecule has 0 unspecified atom stereocenters. The molecule has 2 heteroatoms. The van der Waals surface area contributed by atoms with Gasteiger partial charge in [-0.15, -0.1) is 0 Å². The van der Waals surface area contributed by atoms with Crippen molar-refractivity contribution in [3.63, 3.8) is 0 Å². The van der Waals surface area contributed by atoms with Gasteiger partial charge in [0.2, 0.25) is 0 Å². The van der Waals surface area contributed by atoms with Crippen LogP contribution in [0.1, 0.15) is 44.1 Å². The van der Waals surface area contributed by atoms with Gasteiger partial charge in [-0.2, -0.15) is 0 Å². The van der Waals surface area contributed by atoms with Crippen molar-refractivity contribution in [3.8, 4) is 0 Å². The van der Waals surface area contributed by atoms with E-state index in [0.29, 0.717) is 0 Å². The number of nitrogens with zero attached hydrogens (tertiary/aromatic N) is 2. The van der Waals surface area contributed by atoms with Crippen molar-refractivity contribution < 1.29 is 0 Å². The van der Waals surface area contributed by atoms with Gasteiger partial charge in [0.1, 0.15) is 5.65 Å². The molecular formula is C14H18N2. The summed E-state index contributed by atoms with van der Waals surface area (Å²) in [4.78, 5) is 4.53. The Morgan fingerprint density at radius 2 is 2.00 bits per heavy atom. The van der Waals surface area contributed by atoms with Crippen LogP contribution in [0, 0.1) is 0 Å². The van der Waals surface area contributed by atoms with E-state index in [9.17, 15) is 0 Å². The number of aromatic nitrogens is 2. The van der Waals surface area contributed by atoms with Crippen LogP contribution in [0.4, 0.5) is 0 Å². The molecule has 2 heterocycles. The van der Waals surface area contributed by atoms with Crippen LogP contribution in [0.5, 0.6) is 0 Å². The van der Waals surface area contributed by atoms with Gasteiger partial charge in [-0.25, -0.2) is 4.98 Å². The SMILES string of the molecule is CC(C)(C)c1cnc2ccc3c(n12)CCC3. The predicted octanol–water partition coefficient (Wildman–Crippen LogP) is 3.12. The minimum absolute atomic E-state index is 0.164. The number of pyridine rings is 1. The van der Waals surface area contributed by atoms with Crippen molar-refractivity contribution in [2.24, 2.45) is 0 Å². The molecule has 0 spiro atoms. The highest BCUT2D eigenvalue weighted by Crippen LogP contribution is 2.29. The standard InChI is InChI=1S/C14H18N2/c1-14(2,3)12-9-15-13-8-7-10-5-4-6-11(10)16(12)13/h7-9H,4-6H2,1-3H3. The van der Waals surface area contributed by atoms with Gasteiger partial charge in [-0.1, -0.05) is 26.8 Å². The van der Waals surface area contributed by atoms with Gasteiger partial charge >= 0.3 is 0 Å². The van der Waals surface area contributed by atoms with E-state index in [1.54, 1.807) is 0 Å². The first-order valence-corrected chi connectivity index (χ1v) is 6.06. The Hall–Kier alpha value is -1.31. The first kappa shape index (κ1) is 9.88. The fraction of sp³-hybridized carbons (Fsp3) is 0.500. The molecule has 2 nitrogen and oxygen atoms in total. The van der Waals surface area contributed by atoms with Crippen molar-refractivity contribution in [2.45, 2.75) is 45.4 Å². The van der Waals surface area contributed by atoms with Crippen LogP contribution in [0.25, 0.3) is 5.65 Å². The first-order valence-electron chi connectivity index (χ1n) is 6.06. The molecule has 1 aliphatic rings. The fourth-order valence-electron chi connectivity index (χ4n) is 2.66. The maximum atomic E-state index is 4.53. The Balaban J connectivity index is 2.36. The fourth-order valence-corrected chi connectivity index (χ4v) is 2.66. The van der Waals surface area contributed by atoms with Crippen LogP contribution in [-0.4, -0.2) is 9.38 Å². The lowest BCUT2D eigenvalue weighted by Crippen LogP contribution is -2.15. The normalized spacial score (nSPS) is 15.7. The van der Waals surface area contributed by atoms with E-state index in [-0.39, 0.29) is 5.41 Å². The molecule has 0 atom stereocenters. The Morgan fingerprint density at radius 1 is 1.19 bits per heavy atom. The summed E-state index contributed by atoms with van der Waals surface area (Å²) in [6.07, 6.45) is 5.75. The highest BCUT2D eigenvalue weighted by molar-refractivity contribution is 5.47. The molecule has 0 fully saturated rings. The molecule has 0 saturated carbocycles. The highest BCUT2D eigenvalue weighted by atomic mass is 15.0. The molecule has 0 amide bonds. The summed E-state index contributed by atoms with van der Waals surface area (Å²) in [6.45, 7) is 6.76. The van der Waals surface area contributed by atoms with Crippen molar-refractivity contribution in [1.82, 2.24) is 9.38 Å². The molecular weight excluding hydrogens is 196 g/mol. The van der Waals surface area contributed by atoms with E-state index in [0.717, 1.165) is 5.65 Å². The molecule has 2 aromatic rings. The van der Waals surface area contributed by atoms with Crippen LogP contribution in [0.3, 0.4) is 0 Å². The van der Waals surface area contributed by atoms with Crippen molar-refractivity contribution in [3.05, 3.63) is 35.3 Å². The summed E-state index contributed by atoms with van der Waals surface area (Å²) in [5.74, 6) is 0. The van der Waals surface area contributed by atoms with E-state index >= 15 is 0 Å². The van der Waals surface area contributed by atoms with Crippen LogP contribution < -0.4 is 0 Å². The lowest BCUT2D eigenvalue weighted by Gasteiger charge is -2.19. The molecule has 16 heavy (non-hydrogen) atoms. The van der Waals surface area contributed by atoms with Gasteiger partial charge in [0.25, 0.3) is 0 Å². The smallest absolute Gasteiger partial charge is 0.137 e. The lowest BCUT2D eigenvalue weighted by atomic mass is 9.92. The third-order valence-corrected chi connectivity index (χ3v) is 3.49. The molecule has 1 aliphatic carbocycles. The van der Waals surface area contributed by atoms with Crippen molar-refractivity contribution >= 4 is 5.65 Å². The van der Waals surface area contributed by atoms with Gasteiger partial charge in [0.05, 0.1) is 0 Å². The quantitative estimate of drug-likeness (QED) is 0.658. The van der Waals surface area contributed by atoms with Gasteiger partial charge in [0, 0.05) is 23.0 Å². The first-order chi connectivity index (χ1) is 7.57. The number of hydrogen-bond donors (Lipinski definition) is 0. The minimum atomic E-state index is 0.164. The van der Waals surface area contributed by atoms with Gasteiger partial charge < -0.3 is 4.40 Å². The molecule has 0 aliphatic heterocycles. The van der Waals surface area contributed by atoms with Gasteiger partial charge in [0.15, 0.2) is 0 Å². The second-order valence-corrected chi connectivity index (χ2v) is 5.75. The summed E-state index contributed by atoms with van der Waals surface area (Å²) in [5.41, 5.74) is 5.60. The van der Waals surface area contributed by atoms with Crippen molar-refractivity contribution in [1.29, 1.82) is 0 Å². The molecule has 0 aromatic carbocycles. The zero-order valence-electron chi connectivity index (χ0n) is 10.2. The van der Waals surface area contributed by atoms with Crippen LogP contribution in [-0.2, 0) is 18.3 Å². The maximum absolute atomic E-state index is 4.53. The Bertz CT molecular complexity index is 544. The Labute approximate surface area is 96.3 Å². The molecule has 0 radical (unpaired) electrons. The Morgan fingerprint density at radius 3 is 2.75 bits per heavy atom. The van der Waals surface area contributed by atoms with Crippen LogP contribution >= 0.6 is 0 Å². The van der Waals surface area contributed by atoms with Gasteiger partial charge in [-0.3, -0.25) is 0 Å². The number of hydrogen-bond acceptors (Lipinski definition) is 1. The second kappa shape index (κ2) is 3.09. The summed E-state index contributed by atoms with van der Waals surface area (Å²) in [7, 11) is 0. The zero-order valence-corrected chi connectivity index (χ0v) is 10.2. The topological polar surface area (TPSA) is 17.3 Å². The Kier molecular flexibility index (Phi) is 1.91. The largest absolute Gasteiger partial charge is 0.300 e. The number of rotatable bonds is 0. The van der Waals surface area contributed by atoms with Crippen LogP contribution in [0.15, 0.2) is 18.3 Å². The second-order valence-electron chi connectivity index (χ2n) is 5.75. The third kappa shape index (κ3) is 1.29.